The number of amides is 2. The summed E-state index contributed by atoms with van der Waals surface area (Å²) in [5.74, 6) is -1.26. The molecular formula is C20H20F2N2O2. The van der Waals surface area contributed by atoms with Crippen LogP contribution in [0.4, 0.5) is 8.78 Å². The molecule has 0 aliphatic carbocycles. The van der Waals surface area contributed by atoms with Crippen LogP contribution in [0.3, 0.4) is 0 Å². The van der Waals surface area contributed by atoms with E-state index in [0.29, 0.717) is 18.7 Å². The maximum absolute atomic E-state index is 13.2. The summed E-state index contributed by atoms with van der Waals surface area (Å²) in [5, 5.41) is 2.75. The average molecular weight is 358 g/mol. The molecule has 0 radical (unpaired) electrons. The predicted octanol–water partition coefficient (Wildman–Crippen LogP) is 3.16. The summed E-state index contributed by atoms with van der Waals surface area (Å²) in [6, 6.07) is 10.9. The van der Waals surface area contributed by atoms with Gasteiger partial charge in [0.15, 0.2) is 0 Å². The summed E-state index contributed by atoms with van der Waals surface area (Å²) in [5.41, 5.74) is 1.44. The number of hydrogen-bond acceptors (Lipinski definition) is 2. The molecule has 2 aromatic rings. The van der Waals surface area contributed by atoms with E-state index in [9.17, 15) is 18.4 Å². The van der Waals surface area contributed by atoms with Gasteiger partial charge in [-0.2, -0.15) is 0 Å². The van der Waals surface area contributed by atoms with E-state index in [4.69, 9.17) is 0 Å². The lowest BCUT2D eigenvalue weighted by Gasteiger charge is -2.36. The third kappa shape index (κ3) is 3.90. The van der Waals surface area contributed by atoms with Gasteiger partial charge >= 0.3 is 0 Å². The SMILES string of the molecule is CC(CC(=O)N1CCNC(=O)C1c1ccc(F)cc1)c1ccc(F)cc1. The Morgan fingerprint density at radius 1 is 1.12 bits per heavy atom. The van der Waals surface area contributed by atoms with Crippen molar-refractivity contribution >= 4 is 11.8 Å². The molecule has 2 amide bonds. The number of carbonyl (C=O) groups is 2. The van der Waals surface area contributed by atoms with Crippen LogP contribution in [-0.4, -0.2) is 29.8 Å². The van der Waals surface area contributed by atoms with Gasteiger partial charge < -0.3 is 10.2 Å². The number of hydrogen-bond donors (Lipinski definition) is 1. The minimum atomic E-state index is -0.766. The fourth-order valence-electron chi connectivity index (χ4n) is 3.20. The van der Waals surface area contributed by atoms with Crippen LogP contribution in [0.15, 0.2) is 48.5 Å². The summed E-state index contributed by atoms with van der Waals surface area (Å²) in [7, 11) is 0. The lowest BCUT2D eigenvalue weighted by atomic mass is 9.95. The van der Waals surface area contributed by atoms with Crippen LogP contribution in [0.25, 0.3) is 0 Å². The molecule has 0 aromatic heterocycles. The van der Waals surface area contributed by atoms with Crippen molar-refractivity contribution in [1.29, 1.82) is 0 Å². The van der Waals surface area contributed by atoms with Crippen LogP contribution in [-0.2, 0) is 9.59 Å². The molecule has 1 aliphatic rings. The Morgan fingerprint density at radius 2 is 1.69 bits per heavy atom. The van der Waals surface area contributed by atoms with E-state index in [2.05, 4.69) is 5.32 Å². The molecule has 0 bridgehead atoms. The van der Waals surface area contributed by atoms with Crippen molar-refractivity contribution in [3.05, 3.63) is 71.3 Å². The van der Waals surface area contributed by atoms with E-state index in [-0.39, 0.29) is 30.0 Å². The van der Waals surface area contributed by atoms with Gasteiger partial charge in [-0.05, 0) is 41.3 Å². The molecule has 1 N–H and O–H groups in total. The Kier molecular flexibility index (Phi) is 5.30. The van der Waals surface area contributed by atoms with E-state index >= 15 is 0 Å². The Labute approximate surface area is 150 Å². The van der Waals surface area contributed by atoms with Gasteiger partial charge in [0.2, 0.25) is 11.8 Å². The smallest absolute Gasteiger partial charge is 0.247 e. The minimum Gasteiger partial charge on any atom is -0.352 e. The predicted molar refractivity (Wildman–Crippen MR) is 93.3 cm³/mol. The summed E-state index contributed by atoms with van der Waals surface area (Å²) in [6.07, 6.45) is 0.205. The molecule has 0 spiro atoms. The van der Waals surface area contributed by atoms with Gasteiger partial charge in [-0.15, -0.1) is 0 Å². The van der Waals surface area contributed by atoms with E-state index in [1.54, 1.807) is 12.1 Å². The maximum atomic E-state index is 13.2. The summed E-state index contributed by atoms with van der Waals surface area (Å²) >= 11 is 0. The Bertz CT molecular complexity index is 790. The highest BCUT2D eigenvalue weighted by Gasteiger charge is 2.34. The highest BCUT2D eigenvalue weighted by Crippen LogP contribution is 2.27. The van der Waals surface area contributed by atoms with Gasteiger partial charge in [-0.1, -0.05) is 31.2 Å². The van der Waals surface area contributed by atoms with Crippen LogP contribution in [0, 0.1) is 11.6 Å². The van der Waals surface area contributed by atoms with Crippen LogP contribution >= 0.6 is 0 Å². The fraction of sp³-hybridized carbons (Fsp3) is 0.300. The quantitative estimate of drug-likeness (QED) is 0.913. The second-order valence-electron chi connectivity index (χ2n) is 6.49. The maximum Gasteiger partial charge on any atom is 0.247 e. The zero-order chi connectivity index (χ0) is 18.7. The molecular weight excluding hydrogens is 338 g/mol. The first-order valence-corrected chi connectivity index (χ1v) is 8.54. The monoisotopic (exact) mass is 358 g/mol. The van der Waals surface area contributed by atoms with E-state index in [1.165, 1.54) is 41.3 Å². The standard InChI is InChI=1S/C20H20F2N2O2/c1-13(14-2-6-16(21)7-3-14)12-18(25)24-11-10-23-20(26)19(24)15-4-8-17(22)9-5-15/h2-9,13,19H,10-12H2,1H3,(H,23,26). The molecule has 1 saturated heterocycles. The zero-order valence-electron chi connectivity index (χ0n) is 14.4. The normalized spacial score (nSPS) is 18.3. The molecule has 1 aliphatic heterocycles. The molecule has 0 saturated carbocycles. The first-order valence-electron chi connectivity index (χ1n) is 8.54. The number of piperazine rings is 1. The molecule has 136 valence electrons. The number of halogens is 2. The average Bonchev–Trinajstić information content (AvgIpc) is 2.63. The van der Waals surface area contributed by atoms with Gasteiger partial charge in [0.1, 0.15) is 17.7 Å². The number of nitrogens with zero attached hydrogens (tertiary/aromatic N) is 1. The summed E-state index contributed by atoms with van der Waals surface area (Å²) in [4.78, 5) is 26.7. The summed E-state index contributed by atoms with van der Waals surface area (Å²) < 4.78 is 26.3. The second kappa shape index (κ2) is 7.64. The largest absolute Gasteiger partial charge is 0.352 e. The Hall–Kier alpha value is -2.76. The zero-order valence-corrected chi connectivity index (χ0v) is 14.4. The number of benzene rings is 2. The van der Waals surface area contributed by atoms with Crippen LogP contribution in [0.1, 0.15) is 36.4 Å². The molecule has 2 aromatic carbocycles. The van der Waals surface area contributed by atoms with Gasteiger partial charge in [0.25, 0.3) is 0 Å². The molecule has 1 fully saturated rings. The minimum absolute atomic E-state index is 0.109. The van der Waals surface area contributed by atoms with Crippen molar-refractivity contribution in [3.8, 4) is 0 Å². The third-order valence-electron chi connectivity index (χ3n) is 4.64. The molecule has 1 heterocycles. The Morgan fingerprint density at radius 3 is 2.31 bits per heavy atom. The first kappa shape index (κ1) is 18.0. The lowest BCUT2D eigenvalue weighted by molar-refractivity contribution is -0.143. The number of nitrogens with one attached hydrogen (secondary N) is 1. The van der Waals surface area contributed by atoms with Crippen LogP contribution < -0.4 is 5.32 Å². The van der Waals surface area contributed by atoms with Crippen molar-refractivity contribution in [2.75, 3.05) is 13.1 Å². The molecule has 4 nitrogen and oxygen atoms in total. The molecule has 26 heavy (non-hydrogen) atoms. The molecule has 2 unspecified atom stereocenters. The molecule has 2 atom stereocenters. The fourth-order valence-corrected chi connectivity index (χ4v) is 3.20. The summed E-state index contributed by atoms with van der Waals surface area (Å²) in [6.45, 7) is 2.66. The molecule has 6 heteroatoms. The van der Waals surface area contributed by atoms with Gasteiger partial charge in [0.05, 0.1) is 0 Å². The van der Waals surface area contributed by atoms with Crippen molar-refractivity contribution in [2.45, 2.75) is 25.3 Å². The number of carbonyl (C=O) groups excluding carboxylic acids is 2. The van der Waals surface area contributed by atoms with Gasteiger partial charge in [-0.25, -0.2) is 8.78 Å². The third-order valence-corrected chi connectivity index (χ3v) is 4.64. The van der Waals surface area contributed by atoms with Gasteiger partial charge in [-0.3, -0.25) is 9.59 Å². The van der Waals surface area contributed by atoms with Crippen LogP contribution in [0.5, 0.6) is 0 Å². The lowest BCUT2D eigenvalue weighted by Crippen LogP contribution is -2.52. The molecule has 3 rings (SSSR count). The second-order valence-corrected chi connectivity index (χ2v) is 6.49. The first-order chi connectivity index (χ1) is 12.5. The highest BCUT2D eigenvalue weighted by atomic mass is 19.1. The van der Waals surface area contributed by atoms with Crippen molar-refractivity contribution in [2.24, 2.45) is 0 Å². The van der Waals surface area contributed by atoms with E-state index in [1.807, 2.05) is 6.92 Å². The van der Waals surface area contributed by atoms with Gasteiger partial charge in [0, 0.05) is 19.5 Å². The topological polar surface area (TPSA) is 49.4 Å². The van der Waals surface area contributed by atoms with E-state index < -0.39 is 11.9 Å². The highest BCUT2D eigenvalue weighted by molar-refractivity contribution is 5.90. The van der Waals surface area contributed by atoms with Crippen LogP contribution in [0.2, 0.25) is 0 Å². The Balaban J connectivity index is 1.78. The van der Waals surface area contributed by atoms with Crippen molar-refractivity contribution in [1.82, 2.24) is 10.2 Å². The number of rotatable bonds is 4. The van der Waals surface area contributed by atoms with Crippen molar-refractivity contribution < 1.29 is 18.4 Å². The van der Waals surface area contributed by atoms with Crippen molar-refractivity contribution in [3.63, 3.8) is 0 Å². The van der Waals surface area contributed by atoms with E-state index in [0.717, 1.165) is 5.56 Å².